The maximum absolute atomic E-state index is 11.1. The third-order valence-corrected chi connectivity index (χ3v) is 4.82. The fraction of sp³-hybridized carbons (Fsp3) is 0.375. The van der Waals surface area contributed by atoms with E-state index in [2.05, 4.69) is 9.88 Å². The van der Waals surface area contributed by atoms with Gasteiger partial charge in [0, 0.05) is 17.0 Å². The molecule has 0 radical (unpaired) electrons. The van der Waals surface area contributed by atoms with Crippen LogP contribution in [0.3, 0.4) is 0 Å². The lowest BCUT2D eigenvalue weighted by Gasteiger charge is -2.13. The smallest absolute Gasteiger partial charge is 0.309 e. The number of benzene rings is 1. The van der Waals surface area contributed by atoms with Crippen LogP contribution in [0, 0.1) is 0 Å². The third-order valence-electron chi connectivity index (χ3n) is 3.68. The van der Waals surface area contributed by atoms with E-state index in [1.165, 1.54) is 12.8 Å². The van der Waals surface area contributed by atoms with Crippen molar-refractivity contribution < 1.29 is 9.90 Å². The zero-order valence-electron chi connectivity index (χ0n) is 11.8. The van der Waals surface area contributed by atoms with Gasteiger partial charge < -0.3 is 5.11 Å². The van der Waals surface area contributed by atoms with Gasteiger partial charge in [0.25, 0.3) is 0 Å². The number of aromatic nitrogens is 1. The molecule has 0 amide bonds. The van der Waals surface area contributed by atoms with Gasteiger partial charge in [-0.3, -0.25) is 9.69 Å². The summed E-state index contributed by atoms with van der Waals surface area (Å²) >= 11 is 1.63. The van der Waals surface area contributed by atoms with Gasteiger partial charge >= 0.3 is 5.97 Å². The average Bonchev–Trinajstić information content (AvgIpc) is 3.11. The van der Waals surface area contributed by atoms with Gasteiger partial charge in [-0.1, -0.05) is 30.3 Å². The zero-order chi connectivity index (χ0) is 14.7. The first-order valence-corrected chi connectivity index (χ1v) is 8.02. The molecule has 1 saturated heterocycles. The molecule has 1 N–H and O–H groups in total. The fourth-order valence-corrected chi connectivity index (χ4v) is 3.76. The Bertz CT molecular complexity index is 618. The lowest BCUT2D eigenvalue weighted by atomic mass is 10.2. The van der Waals surface area contributed by atoms with Crippen LogP contribution in [0.4, 0.5) is 0 Å². The molecule has 2 heterocycles. The number of aliphatic carboxylic acids is 1. The van der Waals surface area contributed by atoms with Crippen LogP contribution in [0.15, 0.2) is 30.3 Å². The van der Waals surface area contributed by atoms with E-state index in [1.54, 1.807) is 11.3 Å². The molecule has 0 spiro atoms. The summed E-state index contributed by atoms with van der Waals surface area (Å²) in [5.74, 6) is -0.817. The lowest BCUT2D eigenvalue weighted by molar-refractivity contribution is -0.136. The number of likely N-dealkylation sites (tertiary alicyclic amines) is 1. The molecule has 21 heavy (non-hydrogen) atoms. The minimum Gasteiger partial charge on any atom is -0.481 e. The number of rotatable bonds is 5. The summed E-state index contributed by atoms with van der Waals surface area (Å²) in [6.07, 6.45) is 2.48. The minimum absolute atomic E-state index is 0.00646. The maximum Gasteiger partial charge on any atom is 0.309 e. The molecular weight excluding hydrogens is 284 g/mol. The zero-order valence-corrected chi connectivity index (χ0v) is 12.6. The Hall–Kier alpha value is -1.72. The molecule has 0 saturated carbocycles. The molecule has 0 aliphatic carbocycles. The summed E-state index contributed by atoms with van der Waals surface area (Å²) in [5.41, 5.74) is 1.78. The monoisotopic (exact) mass is 302 g/mol. The van der Waals surface area contributed by atoms with Crippen molar-refractivity contribution in [1.29, 1.82) is 0 Å². The molecule has 1 aromatic carbocycles. The van der Waals surface area contributed by atoms with E-state index >= 15 is 0 Å². The first kappa shape index (κ1) is 14.2. The van der Waals surface area contributed by atoms with Gasteiger partial charge in [-0.15, -0.1) is 11.3 Å². The van der Waals surface area contributed by atoms with Crippen molar-refractivity contribution in [3.63, 3.8) is 0 Å². The highest BCUT2D eigenvalue weighted by Gasteiger charge is 2.19. The third kappa shape index (κ3) is 3.49. The summed E-state index contributed by atoms with van der Waals surface area (Å²) in [4.78, 5) is 19.1. The van der Waals surface area contributed by atoms with E-state index in [4.69, 9.17) is 5.11 Å². The summed E-state index contributed by atoms with van der Waals surface area (Å²) in [5, 5.41) is 10.0. The molecule has 4 nitrogen and oxygen atoms in total. The first-order valence-electron chi connectivity index (χ1n) is 7.20. The van der Waals surface area contributed by atoms with Gasteiger partial charge in [-0.05, 0) is 25.9 Å². The molecule has 1 aromatic heterocycles. The molecule has 1 fully saturated rings. The standard InChI is InChI=1S/C16H18N2O2S/c19-15(20)10-13-14(11-18-8-4-5-9-18)21-16(17-13)12-6-2-1-3-7-12/h1-3,6-7H,4-5,8-11H2,(H,19,20). The van der Waals surface area contributed by atoms with E-state index in [9.17, 15) is 4.79 Å². The number of carboxylic acid groups (broad SMARTS) is 1. The maximum atomic E-state index is 11.1. The Kier molecular flexibility index (Phi) is 4.31. The number of thiazole rings is 1. The number of carbonyl (C=O) groups is 1. The predicted molar refractivity (Wildman–Crippen MR) is 83.4 cm³/mol. The highest BCUT2D eigenvalue weighted by molar-refractivity contribution is 7.15. The van der Waals surface area contributed by atoms with Gasteiger partial charge in [0.1, 0.15) is 5.01 Å². The SMILES string of the molecule is O=C(O)Cc1nc(-c2ccccc2)sc1CN1CCCC1. The van der Waals surface area contributed by atoms with Crippen molar-refractivity contribution in [3.05, 3.63) is 40.9 Å². The normalized spacial score (nSPS) is 15.4. The van der Waals surface area contributed by atoms with Crippen LogP contribution in [0.2, 0.25) is 0 Å². The second-order valence-corrected chi connectivity index (χ2v) is 6.39. The molecule has 5 heteroatoms. The van der Waals surface area contributed by atoms with Crippen molar-refractivity contribution in [2.45, 2.75) is 25.8 Å². The van der Waals surface area contributed by atoms with E-state index in [1.807, 2.05) is 30.3 Å². The van der Waals surface area contributed by atoms with Crippen molar-refractivity contribution in [3.8, 4) is 10.6 Å². The van der Waals surface area contributed by atoms with E-state index in [0.717, 1.165) is 40.8 Å². The van der Waals surface area contributed by atoms with Gasteiger partial charge in [0.2, 0.25) is 0 Å². The summed E-state index contributed by atoms with van der Waals surface area (Å²) in [7, 11) is 0. The average molecular weight is 302 g/mol. The second-order valence-electron chi connectivity index (χ2n) is 5.31. The highest BCUT2D eigenvalue weighted by Crippen LogP contribution is 2.30. The van der Waals surface area contributed by atoms with Crippen molar-refractivity contribution in [2.75, 3.05) is 13.1 Å². The van der Waals surface area contributed by atoms with Crippen LogP contribution >= 0.6 is 11.3 Å². The van der Waals surface area contributed by atoms with Gasteiger partial charge in [-0.25, -0.2) is 4.98 Å². The number of nitrogens with zero attached hydrogens (tertiary/aromatic N) is 2. The molecule has 3 rings (SSSR count). The Morgan fingerprint density at radius 1 is 1.24 bits per heavy atom. The molecule has 2 aromatic rings. The summed E-state index contributed by atoms with van der Waals surface area (Å²) in [6, 6.07) is 9.97. The fourth-order valence-electron chi connectivity index (χ4n) is 2.64. The molecule has 1 aliphatic rings. The Labute approximate surface area is 128 Å². The van der Waals surface area contributed by atoms with Crippen LogP contribution in [0.25, 0.3) is 10.6 Å². The minimum atomic E-state index is -0.817. The molecule has 110 valence electrons. The van der Waals surface area contributed by atoms with Crippen LogP contribution in [0.1, 0.15) is 23.4 Å². The quantitative estimate of drug-likeness (QED) is 0.922. The molecule has 0 bridgehead atoms. The Morgan fingerprint density at radius 3 is 2.62 bits per heavy atom. The molecule has 1 aliphatic heterocycles. The van der Waals surface area contributed by atoms with Crippen LogP contribution in [0.5, 0.6) is 0 Å². The largest absolute Gasteiger partial charge is 0.481 e. The Morgan fingerprint density at radius 2 is 1.95 bits per heavy atom. The van der Waals surface area contributed by atoms with Crippen LogP contribution in [-0.2, 0) is 17.8 Å². The topological polar surface area (TPSA) is 53.4 Å². The first-order chi connectivity index (χ1) is 10.2. The highest BCUT2D eigenvalue weighted by atomic mass is 32.1. The Balaban J connectivity index is 1.88. The molecule has 0 atom stereocenters. The number of hydrogen-bond acceptors (Lipinski definition) is 4. The predicted octanol–water partition coefficient (Wildman–Crippen LogP) is 3.03. The van der Waals surface area contributed by atoms with Crippen LogP contribution in [-0.4, -0.2) is 34.0 Å². The van der Waals surface area contributed by atoms with Crippen molar-refractivity contribution >= 4 is 17.3 Å². The van der Waals surface area contributed by atoms with E-state index in [-0.39, 0.29) is 6.42 Å². The molecular formula is C16H18N2O2S. The van der Waals surface area contributed by atoms with Crippen molar-refractivity contribution in [2.24, 2.45) is 0 Å². The molecule has 0 unspecified atom stereocenters. The van der Waals surface area contributed by atoms with Gasteiger partial charge in [0.15, 0.2) is 0 Å². The number of hydrogen-bond donors (Lipinski definition) is 1. The summed E-state index contributed by atoms with van der Waals surface area (Å²) < 4.78 is 0. The lowest BCUT2D eigenvalue weighted by Crippen LogP contribution is -2.19. The van der Waals surface area contributed by atoms with Gasteiger partial charge in [0.05, 0.1) is 12.1 Å². The van der Waals surface area contributed by atoms with E-state index < -0.39 is 5.97 Å². The van der Waals surface area contributed by atoms with Crippen molar-refractivity contribution in [1.82, 2.24) is 9.88 Å². The second kappa shape index (κ2) is 6.37. The number of carboxylic acids is 1. The van der Waals surface area contributed by atoms with E-state index in [0.29, 0.717) is 0 Å². The summed E-state index contributed by atoms with van der Waals surface area (Å²) in [6.45, 7) is 3.03. The van der Waals surface area contributed by atoms with Gasteiger partial charge in [-0.2, -0.15) is 0 Å². The van der Waals surface area contributed by atoms with Crippen LogP contribution < -0.4 is 0 Å².